The molecule has 0 bridgehead atoms. The number of imidazole rings is 1. The monoisotopic (exact) mass is 297 g/mol. The molecule has 3 rings (SSSR count). The lowest BCUT2D eigenvalue weighted by Crippen LogP contribution is -2.06. The molecule has 0 atom stereocenters. The van der Waals surface area contributed by atoms with E-state index in [1.54, 1.807) is 12.3 Å². The smallest absolute Gasteiger partial charge is 0.213 e. The summed E-state index contributed by atoms with van der Waals surface area (Å²) in [6.07, 6.45) is 3.52. The lowest BCUT2D eigenvalue weighted by atomic mass is 10.4. The van der Waals surface area contributed by atoms with Gasteiger partial charge in [-0.15, -0.1) is 11.6 Å². The number of pyridine rings is 1. The Labute approximate surface area is 118 Å². The van der Waals surface area contributed by atoms with Crippen LogP contribution in [0, 0.1) is 0 Å². The minimum absolute atomic E-state index is 0.306. The van der Waals surface area contributed by atoms with E-state index < -0.39 is 0 Å². The molecule has 0 aliphatic rings. The zero-order valence-electron chi connectivity index (χ0n) is 9.75. The van der Waals surface area contributed by atoms with Crippen molar-refractivity contribution in [3.05, 3.63) is 35.3 Å². The molecule has 3 aromatic heterocycles. The predicted molar refractivity (Wildman–Crippen MR) is 70.1 cm³/mol. The molecule has 0 saturated heterocycles. The summed E-state index contributed by atoms with van der Waals surface area (Å²) in [6.45, 7) is 0.632. The summed E-state index contributed by atoms with van der Waals surface area (Å²) < 4.78 is 6.64. The fraction of sp³-hybridized carbons (Fsp3) is 0.273. The van der Waals surface area contributed by atoms with Crippen molar-refractivity contribution in [2.45, 2.75) is 18.8 Å². The van der Waals surface area contributed by atoms with Crippen LogP contribution in [0.3, 0.4) is 0 Å². The highest BCUT2D eigenvalue weighted by Gasteiger charge is 2.12. The van der Waals surface area contributed by atoms with Crippen LogP contribution < -0.4 is 0 Å². The van der Waals surface area contributed by atoms with Crippen LogP contribution in [0.25, 0.3) is 11.2 Å². The number of rotatable bonds is 4. The normalized spacial score (nSPS) is 11.3. The number of hydrogen-bond acceptors (Lipinski definition) is 5. The van der Waals surface area contributed by atoms with Gasteiger partial charge in [0.15, 0.2) is 11.5 Å². The van der Waals surface area contributed by atoms with Crippen LogP contribution in [0.2, 0.25) is 5.02 Å². The Balaban J connectivity index is 1.96. The number of alkyl halides is 1. The average Bonchev–Trinajstić information content (AvgIpc) is 3.02. The van der Waals surface area contributed by atoms with Crippen molar-refractivity contribution in [1.29, 1.82) is 0 Å². The lowest BCUT2D eigenvalue weighted by Gasteiger charge is -2.04. The maximum atomic E-state index is 5.91. The van der Waals surface area contributed by atoms with Gasteiger partial charge in [-0.2, -0.15) is 4.98 Å². The summed E-state index contributed by atoms with van der Waals surface area (Å²) in [5.74, 6) is 1.69. The van der Waals surface area contributed by atoms with E-state index in [4.69, 9.17) is 27.7 Å². The number of fused-ring (bicyclic) bond motifs is 1. The van der Waals surface area contributed by atoms with E-state index in [1.807, 2.05) is 4.57 Å². The van der Waals surface area contributed by atoms with E-state index in [-0.39, 0.29) is 0 Å². The molecule has 98 valence electrons. The first-order chi connectivity index (χ1) is 9.28. The lowest BCUT2D eigenvalue weighted by molar-refractivity contribution is 0.408. The molecule has 0 aliphatic carbocycles. The van der Waals surface area contributed by atoms with Crippen molar-refractivity contribution in [2.75, 3.05) is 0 Å². The van der Waals surface area contributed by atoms with Crippen molar-refractivity contribution < 1.29 is 4.52 Å². The first-order valence-corrected chi connectivity index (χ1v) is 6.51. The molecule has 0 unspecified atom stereocenters. The van der Waals surface area contributed by atoms with E-state index in [2.05, 4.69) is 20.1 Å². The van der Waals surface area contributed by atoms with Crippen LogP contribution in [0.1, 0.15) is 11.6 Å². The summed E-state index contributed by atoms with van der Waals surface area (Å²) in [4.78, 5) is 12.7. The van der Waals surface area contributed by atoms with Crippen LogP contribution in [-0.4, -0.2) is 24.7 Å². The van der Waals surface area contributed by atoms with Gasteiger partial charge in [0.1, 0.15) is 11.3 Å². The fourth-order valence-electron chi connectivity index (χ4n) is 1.88. The molecule has 0 spiro atoms. The van der Waals surface area contributed by atoms with Crippen molar-refractivity contribution in [2.24, 2.45) is 0 Å². The average molecular weight is 298 g/mol. The Morgan fingerprint density at radius 2 is 2.21 bits per heavy atom. The summed E-state index contributed by atoms with van der Waals surface area (Å²) in [5.41, 5.74) is 1.49. The highest BCUT2D eigenvalue weighted by atomic mass is 35.5. The third kappa shape index (κ3) is 2.41. The topological polar surface area (TPSA) is 69.6 Å². The van der Waals surface area contributed by atoms with Crippen molar-refractivity contribution in [3.8, 4) is 0 Å². The number of aryl methyl sites for hydroxylation is 2. The van der Waals surface area contributed by atoms with Gasteiger partial charge in [-0.3, -0.25) is 0 Å². The third-order valence-corrected chi connectivity index (χ3v) is 3.16. The largest absolute Gasteiger partial charge is 0.343 e. The highest BCUT2D eigenvalue weighted by molar-refractivity contribution is 6.31. The van der Waals surface area contributed by atoms with Crippen molar-refractivity contribution >= 4 is 34.4 Å². The van der Waals surface area contributed by atoms with Crippen LogP contribution in [0.5, 0.6) is 0 Å². The quantitative estimate of drug-likeness (QED) is 0.692. The molecule has 0 amide bonds. The number of halogens is 2. The number of nitrogens with zero attached hydrogens (tertiary/aromatic N) is 5. The van der Waals surface area contributed by atoms with Gasteiger partial charge >= 0.3 is 0 Å². The second kappa shape index (κ2) is 5.14. The van der Waals surface area contributed by atoms with E-state index in [0.717, 1.165) is 17.0 Å². The maximum absolute atomic E-state index is 5.91. The maximum Gasteiger partial charge on any atom is 0.213 e. The van der Waals surface area contributed by atoms with Crippen LogP contribution in [0.15, 0.2) is 23.2 Å². The van der Waals surface area contributed by atoms with Gasteiger partial charge in [0.2, 0.25) is 6.39 Å². The number of aromatic nitrogens is 5. The Morgan fingerprint density at radius 1 is 1.32 bits per heavy atom. The Morgan fingerprint density at radius 3 is 2.95 bits per heavy atom. The Kier molecular flexibility index (Phi) is 3.35. The molecule has 0 radical (unpaired) electrons. The molecule has 19 heavy (non-hydrogen) atoms. The highest BCUT2D eigenvalue weighted by Crippen LogP contribution is 2.19. The van der Waals surface area contributed by atoms with E-state index >= 15 is 0 Å². The molecule has 3 heterocycles. The molecular formula is C11H9Cl2N5O. The SMILES string of the molecule is ClCc1nc2cc(Cl)cnc2n1CCc1ncon1. The summed E-state index contributed by atoms with van der Waals surface area (Å²) in [5, 5.41) is 4.32. The van der Waals surface area contributed by atoms with Gasteiger partial charge in [0.25, 0.3) is 0 Å². The van der Waals surface area contributed by atoms with Gasteiger partial charge in [0, 0.05) is 19.2 Å². The molecular weight excluding hydrogens is 289 g/mol. The molecule has 6 nitrogen and oxygen atoms in total. The van der Waals surface area contributed by atoms with Gasteiger partial charge in [0.05, 0.1) is 10.9 Å². The zero-order valence-corrected chi connectivity index (χ0v) is 11.3. The third-order valence-electron chi connectivity index (χ3n) is 2.72. The summed E-state index contributed by atoms with van der Waals surface area (Å²) >= 11 is 11.8. The predicted octanol–water partition coefficient (Wildman–Crippen LogP) is 2.45. The summed E-state index contributed by atoms with van der Waals surface area (Å²) in [7, 11) is 0. The van der Waals surface area contributed by atoms with E-state index in [0.29, 0.717) is 29.7 Å². The second-order valence-electron chi connectivity index (χ2n) is 3.91. The summed E-state index contributed by atoms with van der Waals surface area (Å²) in [6, 6.07) is 1.77. The Hall–Kier alpha value is -1.66. The minimum atomic E-state index is 0.306. The Bertz CT molecular complexity index is 694. The van der Waals surface area contributed by atoms with E-state index in [9.17, 15) is 0 Å². The van der Waals surface area contributed by atoms with Crippen LogP contribution >= 0.6 is 23.2 Å². The first-order valence-electron chi connectivity index (χ1n) is 5.60. The van der Waals surface area contributed by atoms with Crippen molar-refractivity contribution in [1.82, 2.24) is 24.7 Å². The van der Waals surface area contributed by atoms with Crippen LogP contribution in [0.4, 0.5) is 0 Å². The molecule has 0 N–H and O–H groups in total. The molecule has 3 aromatic rings. The second-order valence-corrected chi connectivity index (χ2v) is 4.61. The van der Waals surface area contributed by atoms with Gasteiger partial charge < -0.3 is 9.09 Å². The molecule has 0 saturated carbocycles. The standard InChI is InChI=1S/C11H9Cl2N5O/c12-4-10-16-8-3-7(13)5-14-11(8)18(10)2-1-9-15-6-19-17-9/h3,5-6H,1-2,4H2. The number of hydrogen-bond donors (Lipinski definition) is 0. The first kappa shape index (κ1) is 12.4. The van der Waals surface area contributed by atoms with Gasteiger partial charge in [-0.25, -0.2) is 9.97 Å². The molecule has 0 aliphatic heterocycles. The molecule has 8 heteroatoms. The van der Waals surface area contributed by atoms with Crippen molar-refractivity contribution in [3.63, 3.8) is 0 Å². The van der Waals surface area contributed by atoms with E-state index in [1.165, 1.54) is 6.39 Å². The molecule has 0 fully saturated rings. The minimum Gasteiger partial charge on any atom is -0.343 e. The molecule has 0 aromatic carbocycles. The van der Waals surface area contributed by atoms with Gasteiger partial charge in [-0.05, 0) is 6.07 Å². The van der Waals surface area contributed by atoms with Crippen LogP contribution in [-0.2, 0) is 18.8 Å². The fourth-order valence-corrected chi connectivity index (χ4v) is 2.24. The zero-order chi connectivity index (χ0) is 13.2. The van der Waals surface area contributed by atoms with Gasteiger partial charge in [-0.1, -0.05) is 16.8 Å².